The maximum Gasteiger partial charge on any atom is 0.411 e. The number of benzene rings is 1. The van der Waals surface area contributed by atoms with Gasteiger partial charge in [0.15, 0.2) is 6.29 Å². The molecular weight excluding hydrogens is 782 g/mol. The predicted octanol–water partition coefficient (Wildman–Crippen LogP) is 5.01. The fourth-order valence-corrected chi connectivity index (χ4v) is 8.49. The molecule has 316 valence electrons. The zero-order valence-electron chi connectivity index (χ0n) is 33.9. The van der Waals surface area contributed by atoms with Crippen LogP contribution in [-0.4, -0.2) is 138 Å². The van der Waals surface area contributed by atoms with E-state index >= 15 is 0 Å². The standard InChI is InChI=1S/C37H56ClN9O9S/c1-36(2,3)55-33(49)42-31(43-34(50)56-37(4,5)6)44-17-19-45(20-18-44)35(51)47-22-25(23-13-15-46(16-14-23)57(8,52)53)21-27(47)30-40-28(29(38)41-30)24-9-11-26(12-10-24)39-32(48)54-7/h9-12,23,25,27,31H,13-22H2,1-8H3,(H,39,48)(H,40,41)(H,42,49)(H,43,50)/t25-,27-/m0/s1. The summed E-state index contributed by atoms with van der Waals surface area (Å²) in [5.74, 6) is 0.801. The normalized spacial score (nSPS) is 20.3. The Hall–Kier alpha value is -4.33. The van der Waals surface area contributed by atoms with Crippen molar-refractivity contribution in [1.82, 2.24) is 39.6 Å². The van der Waals surface area contributed by atoms with Gasteiger partial charge in [0.2, 0.25) is 10.0 Å². The number of nitrogens with one attached hydrogen (secondary N) is 4. The second-order valence-corrected chi connectivity index (χ2v) is 19.0. The van der Waals surface area contributed by atoms with E-state index in [0.717, 1.165) is 0 Å². The molecule has 57 heavy (non-hydrogen) atoms. The van der Waals surface area contributed by atoms with Gasteiger partial charge in [-0.3, -0.25) is 20.9 Å². The molecular formula is C37H56ClN9O9S. The van der Waals surface area contributed by atoms with Crippen molar-refractivity contribution in [2.75, 3.05) is 64.5 Å². The van der Waals surface area contributed by atoms with E-state index in [4.69, 9.17) is 26.1 Å². The summed E-state index contributed by atoms with van der Waals surface area (Å²) in [6, 6.07) is 6.31. The third kappa shape index (κ3) is 11.9. The van der Waals surface area contributed by atoms with E-state index in [0.29, 0.717) is 79.9 Å². The Morgan fingerprint density at radius 1 is 0.860 bits per heavy atom. The monoisotopic (exact) mass is 837 g/mol. The van der Waals surface area contributed by atoms with E-state index in [1.807, 2.05) is 9.80 Å². The van der Waals surface area contributed by atoms with E-state index in [1.54, 1.807) is 70.7 Å². The van der Waals surface area contributed by atoms with Crippen LogP contribution >= 0.6 is 11.6 Å². The number of ether oxygens (including phenoxy) is 3. The highest BCUT2D eigenvalue weighted by Gasteiger charge is 2.44. The number of likely N-dealkylation sites (tertiary alicyclic amines) is 1. The van der Waals surface area contributed by atoms with Gasteiger partial charge >= 0.3 is 24.3 Å². The number of piperidine rings is 1. The summed E-state index contributed by atoms with van der Waals surface area (Å²) >= 11 is 6.75. The minimum atomic E-state index is -3.30. The summed E-state index contributed by atoms with van der Waals surface area (Å²) in [6.45, 7) is 12.9. The van der Waals surface area contributed by atoms with Crippen LogP contribution in [0.5, 0.6) is 0 Å². The molecule has 5 amide bonds. The average Bonchev–Trinajstić information content (AvgIpc) is 3.73. The van der Waals surface area contributed by atoms with E-state index in [9.17, 15) is 27.6 Å². The first-order valence-electron chi connectivity index (χ1n) is 19.0. The Labute approximate surface area is 339 Å². The van der Waals surface area contributed by atoms with Crippen molar-refractivity contribution in [3.05, 3.63) is 35.2 Å². The predicted molar refractivity (Wildman–Crippen MR) is 213 cm³/mol. The van der Waals surface area contributed by atoms with Crippen LogP contribution in [0.3, 0.4) is 0 Å². The number of H-pyrrole nitrogens is 1. The summed E-state index contributed by atoms with van der Waals surface area (Å²) < 4.78 is 41.6. The van der Waals surface area contributed by atoms with Gasteiger partial charge in [-0.05, 0) is 84.8 Å². The Morgan fingerprint density at radius 2 is 1.42 bits per heavy atom. The van der Waals surface area contributed by atoms with Gasteiger partial charge in [0.1, 0.15) is 27.9 Å². The van der Waals surface area contributed by atoms with Crippen LogP contribution in [0.1, 0.15) is 72.7 Å². The number of amides is 5. The number of imidazole rings is 1. The molecule has 0 spiro atoms. The van der Waals surface area contributed by atoms with Crippen LogP contribution < -0.4 is 16.0 Å². The maximum atomic E-state index is 14.5. The van der Waals surface area contributed by atoms with Crippen LogP contribution in [0, 0.1) is 11.8 Å². The Morgan fingerprint density at radius 3 is 1.93 bits per heavy atom. The lowest BCUT2D eigenvalue weighted by Crippen LogP contribution is -2.64. The van der Waals surface area contributed by atoms with Gasteiger partial charge in [0, 0.05) is 57.1 Å². The lowest BCUT2D eigenvalue weighted by Gasteiger charge is -2.41. The number of rotatable bonds is 8. The highest BCUT2D eigenvalue weighted by molar-refractivity contribution is 7.88. The molecule has 3 fully saturated rings. The van der Waals surface area contributed by atoms with Gasteiger partial charge in [-0.2, -0.15) is 0 Å². The highest BCUT2D eigenvalue weighted by Crippen LogP contribution is 2.43. The van der Waals surface area contributed by atoms with Crippen molar-refractivity contribution in [1.29, 1.82) is 0 Å². The lowest BCUT2D eigenvalue weighted by atomic mass is 9.83. The molecule has 1 aromatic carbocycles. The lowest BCUT2D eigenvalue weighted by molar-refractivity contribution is 0.0166. The molecule has 20 heteroatoms. The molecule has 2 aromatic rings. The number of hydrogen-bond acceptors (Lipinski definition) is 11. The van der Waals surface area contributed by atoms with Gasteiger partial charge in [0.25, 0.3) is 0 Å². The largest absolute Gasteiger partial charge is 0.453 e. The van der Waals surface area contributed by atoms with Crippen molar-refractivity contribution < 1.29 is 41.8 Å². The molecule has 18 nitrogen and oxygen atoms in total. The zero-order valence-corrected chi connectivity index (χ0v) is 35.5. The smallest absolute Gasteiger partial charge is 0.411 e. The second kappa shape index (κ2) is 17.7. The number of anilines is 1. The van der Waals surface area contributed by atoms with E-state index in [-0.39, 0.29) is 31.0 Å². The molecule has 0 saturated carbocycles. The van der Waals surface area contributed by atoms with Gasteiger partial charge in [-0.15, -0.1) is 0 Å². The first kappa shape index (κ1) is 43.8. The molecule has 0 bridgehead atoms. The third-order valence-electron chi connectivity index (χ3n) is 10.1. The summed E-state index contributed by atoms with van der Waals surface area (Å²) in [6.07, 6.45) is 0.174. The zero-order chi connectivity index (χ0) is 41.9. The molecule has 0 radical (unpaired) electrons. The number of hydrogen-bond donors (Lipinski definition) is 4. The van der Waals surface area contributed by atoms with Crippen LogP contribution in [0.4, 0.5) is 24.9 Å². The molecule has 4 heterocycles. The van der Waals surface area contributed by atoms with Crippen LogP contribution in [0.2, 0.25) is 5.15 Å². The quantitative estimate of drug-likeness (QED) is 0.205. The average molecular weight is 838 g/mol. The molecule has 4 N–H and O–H groups in total. The molecule has 2 atom stereocenters. The van der Waals surface area contributed by atoms with Crippen molar-refractivity contribution >= 4 is 51.6 Å². The first-order chi connectivity index (χ1) is 26.6. The fraction of sp³-hybridized carbons (Fsp3) is 0.649. The summed E-state index contributed by atoms with van der Waals surface area (Å²) in [7, 11) is -2.02. The van der Waals surface area contributed by atoms with Crippen LogP contribution in [-0.2, 0) is 24.2 Å². The molecule has 3 saturated heterocycles. The number of piperazine rings is 1. The summed E-state index contributed by atoms with van der Waals surface area (Å²) in [4.78, 5) is 65.3. The SMILES string of the molecule is COC(=O)Nc1ccc(-c2nc([C@@H]3C[C@H](C4CCN(S(C)(=O)=O)CC4)CN3C(=O)N3CCN(C(NC(=O)OC(C)(C)C)NC(=O)OC(C)(C)C)CC3)[nH]c2Cl)cc1. The number of aromatic amines is 1. The minimum Gasteiger partial charge on any atom is -0.453 e. The topological polar surface area (TPSA) is 208 Å². The van der Waals surface area contributed by atoms with E-state index in [2.05, 4.69) is 25.7 Å². The number of urea groups is 1. The van der Waals surface area contributed by atoms with E-state index in [1.165, 1.54) is 17.7 Å². The number of sulfonamides is 1. The number of aromatic nitrogens is 2. The van der Waals surface area contributed by atoms with E-state index < -0.39 is 51.8 Å². The number of carbonyl (C=O) groups excluding carboxylic acids is 4. The molecule has 0 unspecified atom stereocenters. The molecule has 5 rings (SSSR count). The number of halogens is 1. The summed E-state index contributed by atoms with van der Waals surface area (Å²) in [5.41, 5.74) is 0.176. The van der Waals surface area contributed by atoms with Crippen molar-refractivity contribution in [3.8, 4) is 11.3 Å². The van der Waals surface area contributed by atoms with Gasteiger partial charge in [-0.1, -0.05) is 23.7 Å². The second-order valence-electron chi connectivity index (χ2n) is 16.6. The van der Waals surface area contributed by atoms with Crippen LogP contribution in [0.25, 0.3) is 11.3 Å². The van der Waals surface area contributed by atoms with Gasteiger partial charge < -0.3 is 29.0 Å². The highest BCUT2D eigenvalue weighted by atomic mass is 35.5. The summed E-state index contributed by atoms with van der Waals surface area (Å²) in [5, 5.41) is 8.36. The maximum absolute atomic E-state index is 14.5. The molecule has 3 aliphatic rings. The van der Waals surface area contributed by atoms with Gasteiger partial charge in [-0.25, -0.2) is 36.9 Å². The third-order valence-corrected chi connectivity index (χ3v) is 11.6. The number of alkyl carbamates (subject to hydrolysis) is 2. The van der Waals surface area contributed by atoms with Gasteiger partial charge in [0.05, 0.1) is 19.4 Å². The van der Waals surface area contributed by atoms with Crippen molar-refractivity contribution in [3.63, 3.8) is 0 Å². The molecule has 3 aliphatic heterocycles. The molecule has 0 aliphatic carbocycles. The minimum absolute atomic E-state index is 0.0818. The van der Waals surface area contributed by atoms with Crippen molar-refractivity contribution in [2.45, 2.75) is 84.3 Å². The number of nitrogens with zero attached hydrogens (tertiary/aromatic N) is 5. The fourth-order valence-electron chi connectivity index (χ4n) is 7.37. The Bertz CT molecular complexity index is 1840. The molecule has 1 aromatic heterocycles. The van der Waals surface area contributed by atoms with Crippen LogP contribution in [0.15, 0.2) is 24.3 Å². The first-order valence-corrected chi connectivity index (χ1v) is 21.3. The number of methoxy groups -OCH3 is 1. The van der Waals surface area contributed by atoms with Crippen molar-refractivity contribution in [2.24, 2.45) is 11.8 Å². The number of carbonyl (C=O) groups is 4. The Kier molecular flexibility index (Phi) is 13.6. The Balaban J connectivity index is 1.34.